The average molecular weight is 435 g/mol. The Hall–Kier alpha value is -2.04. The second-order valence-corrected chi connectivity index (χ2v) is 8.29. The van der Waals surface area contributed by atoms with Crippen molar-refractivity contribution in [2.45, 2.75) is 59.2 Å². The molecule has 4 nitrogen and oxygen atoms in total. The van der Waals surface area contributed by atoms with E-state index in [2.05, 4.69) is 5.32 Å². The van der Waals surface area contributed by atoms with Gasteiger partial charge in [-0.2, -0.15) is 0 Å². The minimum atomic E-state index is -0.609. The zero-order valence-electron chi connectivity index (χ0n) is 17.3. The van der Waals surface area contributed by atoms with Crippen molar-refractivity contribution in [2.24, 2.45) is 0 Å². The quantitative estimate of drug-likeness (QED) is 0.622. The van der Waals surface area contributed by atoms with Crippen LogP contribution in [0, 0.1) is 6.92 Å². The molecule has 0 aliphatic heterocycles. The van der Waals surface area contributed by atoms with E-state index in [0.29, 0.717) is 22.0 Å². The van der Waals surface area contributed by atoms with Crippen LogP contribution in [0.4, 0.5) is 0 Å². The topological polar surface area (TPSA) is 49.4 Å². The molecule has 0 aliphatic rings. The van der Waals surface area contributed by atoms with Gasteiger partial charge in [0.2, 0.25) is 11.8 Å². The molecule has 0 saturated heterocycles. The lowest BCUT2D eigenvalue weighted by atomic mass is 10.1. The summed E-state index contributed by atoms with van der Waals surface area (Å²) in [5, 5.41) is 3.87. The smallest absolute Gasteiger partial charge is 0.243 e. The van der Waals surface area contributed by atoms with Crippen molar-refractivity contribution in [1.29, 1.82) is 0 Å². The van der Waals surface area contributed by atoms with E-state index in [1.54, 1.807) is 23.1 Å². The van der Waals surface area contributed by atoms with Crippen molar-refractivity contribution in [1.82, 2.24) is 10.2 Å². The molecule has 0 radical (unpaired) electrons. The summed E-state index contributed by atoms with van der Waals surface area (Å²) in [4.78, 5) is 27.7. The first-order chi connectivity index (χ1) is 13.7. The van der Waals surface area contributed by atoms with Gasteiger partial charge in [-0.3, -0.25) is 9.59 Å². The Labute approximate surface area is 183 Å². The van der Waals surface area contributed by atoms with Gasteiger partial charge < -0.3 is 10.2 Å². The summed E-state index contributed by atoms with van der Waals surface area (Å²) >= 11 is 12.7. The predicted octanol–water partition coefficient (Wildman–Crippen LogP) is 5.18. The molecule has 2 amide bonds. The molecule has 0 heterocycles. The fourth-order valence-electron chi connectivity index (χ4n) is 3.14. The largest absolute Gasteiger partial charge is 0.352 e. The summed E-state index contributed by atoms with van der Waals surface area (Å²) in [6, 6.07) is 12.4. The zero-order chi connectivity index (χ0) is 21.6. The molecule has 0 saturated carbocycles. The third-order valence-corrected chi connectivity index (χ3v) is 5.39. The monoisotopic (exact) mass is 434 g/mol. The third kappa shape index (κ3) is 6.48. The van der Waals surface area contributed by atoms with E-state index in [-0.39, 0.29) is 30.8 Å². The molecule has 0 aliphatic carbocycles. The number of amides is 2. The van der Waals surface area contributed by atoms with Crippen LogP contribution in [0.1, 0.15) is 43.9 Å². The molecule has 0 spiro atoms. The van der Waals surface area contributed by atoms with Crippen LogP contribution in [0.2, 0.25) is 10.0 Å². The first kappa shape index (κ1) is 23.2. The molecule has 2 aromatic rings. The highest BCUT2D eigenvalue weighted by Gasteiger charge is 2.30. The van der Waals surface area contributed by atoms with Crippen LogP contribution in [-0.4, -0.2) is 28.8 Å². The molecule has 1 unspecified atom stereocenters. The summed E-state index contributed by atoms with van der Waals surface area (Å²) in [6.07, 6.45) is 0.689. The van der Waals surface area contributed by atoms with Gasteiger partial charge in [-0.15, -0.1) is 0 Å². The summed E-state index contributed by atoms with van der Waals surface area (Å²) in [5.41, 5.74) is 2.67. The number of carbonyl (C=O) groups excluding carboxylic acids is 2. The molecular formula is C23H28Cl2N2O2. The first-order valence-corrected chi connectivity index (χ1v) is 10.6. The van der Waals surface area contributed by atoms with E-state index in [9.17, 15) is 9.59 Å². The maximum absolute atomic E-state index is 13.3. The number of hydrogen-bond donors (Lipinski definition) is 1. The Morgan fingerprint density at radius 3 is 2.14 bits per heavy atom. The summed E-state index contributed by atoms with van der Waals surface area (Å²) < 4.78 is 0. The van der Waals surface area contributed by atoms with Crippen molar-refractivity contribution < 1.29 is 9.59 Å². The van der Waals surface area contributed by atoms with Crippen LogP contribution in [-0.2, 0) is 22.6 Å². The van der Waals surface area contributed by atoms with Gasteiger partial charge in [0.25, 0.3) is 0 Å². The number of benzene rings is 2. The van der Waals surface area contributed by atoms with Crippen LogP contribution in [0.15, 0.2) is 42.5 Å². The Kier molecular flexibility index (Phi) is 8.54. The normalized spacial score (nSPS) is 12.0. The number of aryl methyl sites for hydroxylation is 1. The molecule has 1 N–H and O–H groups in total. The van der Waals surface area contributed by atoms with Gasteiger partial charge in [-0.1, -0.05) is 66.0 Å². The van der Waals surface area contributed by atoms with Gasteiger partial charge in [0, 0.05) is 28.2 Å². The Morgan fingerprint density at radius 1 is 1.03 bits per heavy atom. The van der Waals surface area contributed by atoms with Crippen LogP contribution in [0.5, 0.6) is 0 Å². The van der Waals surface area contributed by atoms with Crippen molar-refractivity contribution >= 4 is 35.0 Å². The van der Waals surface area contributed by atoms with Crippen molar-refractivity contribution in [3.63, 3.8) is 0 Å². The number of nitrogens with zero attached hydrogens (tertiary/aromatic N) is 1. The lowest BCUT2D eigenvalue weighted by Gasteiger charge is -2.32. The molecule has 29 heavy (non-hydrogen) atoms. The second-order valence-electron chi connectivity index (χ2n) is 7.47. The molecule has 2 rings (SSSR count). The molecule has 0 aromatic heterocycles. The standard InChI is InChI=1S/C23H28Cl2N2O2/c1-5-21(23(29)26-15(2)3)27(14-18-19(24)7-6-8-20(18)25)22(28)13-17-11-9-16(4)10-12-17/h6-12,15,21H,5,13-14H2,1-4H3,(H,26,29). The van der Waals surface area contributed by atoms with Crippen LogP contribution in [0.3, 0.4) is 0 Å². The molecular weight excluding hydrogens is 407 g/mol. The number of halogens is 2. The van der Waals surface area contributed by atoms with Crippen molar-refractivity contribution in [3.8, 4) is 0 Å². The third-order valence-electron chi connectivity index (χ3n) is 4.68. The minimum absolute atomic E-state index is 0.0190. The fraction of sp³-hybridized carbons (Fsp3) is 0.391. The van der Waals surface area contributed by atoms with E-state index in [1.807, 2.05) is 52.0 Å². The molecule has 2 aromatic carbocycles. The van der Waals surface area contributed by atoms with Gasteiger partial charge in [0.15, 0.2) is 0 Å². The number of carbonyl (C=O) groups is 2. The van der Waals surface area contributed by atoms with E-state index in [4.69, 9.17) is 23.2 Å². The first-order valence-electron chi connectivity index (χ1n) is 9.81. The van der Waals surface area contributed by atoms with E-state index >= 15 is 0 Å². The second kappa shape index (κ2) is 10.7. The minimum Gasteiger partial charge on any atom is -0.352 e. The summed E-state index contributed by atoms with van der Waals surface area (Å²) in [5.74, 6) is -0.321. The fourth-order valence-corrected chi connectivity index (χ4v) is 3.65. The van der Waals surface area contributed by atoms with E-state index in [0.717, 1.165) is 11.1 Å². The lowest BCUT2D eigenvalue weighted by Crippen LogP contribution is -2.50. The van der Waals surface area contributed by atoms with Crippen molar-refractivity contribution in [2.75, 3.05) is 0 Å². The highest BCUT2D eigenvalue weighted by molar-refractivity contribution is 6.36. The van der Waals surface area contributed by atoms with E-state index < -0.39 is 6.04 Å². The maximum Gasteiger partial charge on any atom is 0.243 e. The maximum atomic E-state index is 13.3. The number of nitrogens with one attached hydrogen (secondary N) is 1. The molecule has 1 atom stereocenters. The Bertz CT molecular complexity index is 830. The Morgan fingerprint density at radius 2 is 1.62 bits per heavy atom. The van der Waals surface area contributed by atoms with Gasteiger partial charge >= 0.3 is 0 Å². The molecule has 0 bridgehead atoms. The molecule has 0 fully saturated rings. The van der Waals surface area contributed by atoms with Gasteiger partial charge in [-0.25, -0.2) is 0 Å². The van der Waals surface area contributed by atoms with Crippen molar-refractivity contribution in [3.05, 3.63) is 69.2 Å². The van der Waals surface area contributed by atoms with Gasteiger partial charge in [0.05, 0.1) is 6.42 Å². The number of hydrogen-bond acceptors (Lipinski definition) is 2. The van der Waals surface area contributed by atoms with Crippen LogP contribution >= 0.6 is 23.2 Å². The average Bonchev–Trinajstić information content (AvgIpc) is 2.65. The zero-order valence-corrected chi connectivity index (χ0v) is 18.8. The van der Waals surface area contributed by atoms with Gasteiger partial charge in [0.1, 0.15) is 6.04 Å². The summed E-state index contributed by atoms with van der Waals surface area (Å²) in [7, 11) is 0. The molecule has 6 heteroatoms. The SMILES string of the molecule is CCC(C(=O)NC(C)C)N(Cc1c(Cl)cccc1Cl)C(=O)Cc1ccc(C)cc1. The van der Waals surface area contributed by atoms with Gasteiger partial charge in [-0.05, 0) is 44.9 Å². The molecule has 156 valence electrons. The highest BCUT2D eigenvalue weighted by atomic mass is 35.5. The van der Waals surface area contributed by atoms with Crippen LogP contribution < -0.4 is 5.32 Å². The Balaban J connectivity index is 2.36. The summed E-state index contributed by atoms with van der Waals surface area (Å²) in [6.45, 7) is 7.86. The number of rotatable bonds is 8. The lowest BCUT2D eigenvalue weighted by molar-refractivity contribution is -0.141. The van der Waals surface area contributed by atoms with E-state index in [1.165, 1.54) is 0 Å². The highest BCUT2D eigenvalue weighted by Crippen LogP contribution is 2.27. The van der Waals surface area contributed by atoms with Crippen LogP contribution in [0.25, 0.3) is 0 Å². The predicted molar refractivity (Wildman–Crippen MR) is 119 cm³/mol.